The summed E-state index contributed by atoms with van der Waals surface area (Å²) in [6.07, 6.45) is 0. The molecule has 0 radical (unpaired) electrons. The van der Waals surface area contributed by atoms with Crippen LogP contribution in [-0.2, 0) is 4.74 Å². The van der Waals surface area contributed by atoms with Crippen molar-refractivity contribution in [2.45, 2.75) is 6.92 Å². The monoisotopic (exact) mass is 277 g/mol. The first-order chi connectivity index (χ1) is 9.29. The van der Waals surface area contributed by atoms with E-state index in [4.69, 9.17) is 16.3 Å². The van der Waals surface area contributed by atoms with Crippen molar-refractivity contribution in [2.24, 2.45) is 0 Å². The molecule has 2 rings (SSSR count). The van der Waals surface area contributed by atoms with E-state index in [-0.39, 0.29) is 0 Å². The average molecular weight is 278 g/mol. The maximum absolute atomic E-state index is 6.02. The van der Waals surface area contributed by atoms with Gasteiger partial charge in [0.05, 0.1) is 6.61 Å². The van der Waals surface area contributed by atoms with Gasteiger partial charge in [0, 0.05) is 24.8 Å². The molecule has 0 aliphatic carbocycles. The molecule has 1 N–H and O–H groups in total. The fourth-order valence-electron chi connectivity index (χ4n) is 1.62. The molecule has 0 spiro atoms. The molecule has 0 atom stereocenters. The summed E-state index contributed by atoms with van der Waals surface area (Å²) in [4.78, 5) is 8.67. The summed E-state index contributed by atoms with van der Waals surface area (Å²) in [5, 5.41) is 3.59. The number of hydrogen-bond acceptors (Lipinski definition) is 4. The van der Waals surface area contributed by atoms with Crippen LogP contribution in [0.4, 0.5) is 5.82 Å². The maximum atomic E-state index is 6.02. The number of anilines is 1. The molecule has 2 aromatic rings. The van der Waals surface area contributed by atoms with E-state index in [9.17, 15) is 0 Å². The summed E-state index contributed by atoms with van der Waals surface area (Å²) in [6, 6.07) is 11.5. The molecule has 100 valence electrons. The fourth-order valence-corrected chi connectivity index (χ4v) is 1.80. The number of hydrogen-bond donors (Lipinski definition) is 1. The third-order valence-corrected chi connectivity index (χ3v) is 2.68. The Bertz CT molecular complexity index is 519. The Balaban J connectivity index is 2.11. The Hall–Kier alpha value is -1.65. The van der Waals surface area contributed by atoms with Gasteiger partial charge in [0.15, 0.2) is 5.82 Å². The van der Waals surface area contributed by atoms with Crippen LogP contribution in [0.1, 0.15) is 6.92 Å². The molecule has 0 aliphatic rings. The first-order valence-corrected chi connectivity index (χ1v) is 6.59. The van der Waals surface area contributed by atoms with Crippen LogP contribution in [0.25, 0.3) is 11.4 Å². The van der Waals surface area contributed by atoms with Crippen molar-refractivity contribution < 1.29 is 4.74 Å². The second-order valence-electron chi connectivity index (χ2n) is 3.89. The normalized spacial score (nSPS) is 10.4. The van der Waals surface area contributed by atoms with Crippen molar-refractivity contribution in [3.8, 4) is 11.4 Å². The van der Waals surface area contributed by atoms with Gasteiger partial charge in [0.25, 0.3) is 0 Å². The molecule has 1 aromatic heterocycles. The number of halogens is 1. The molecule has 0 saturated carbocycles. The molecule has 0 unspecified atom stereocenters. The highest BCUT2D eigenvalue weighted by molar-refractivity contribution is 6.29. The van der Waals surface area contributed by atoms with Gasteiger partial charge in [-0.1, -0.05) is 41.9 Å². The fraction of sp³-hybridized carbons (Fsp3) is 0.286. The Labute approximate surface area is 117 Å². The van der Waals surface area contributed by atoms with Crippen LogP contribution in [0.2, 0.25) is 5.15 Å². The van der Waals surface area contributed by atoms with Crippen molar-refractivity contribution in [1.29, 1.82) is 0 Å². The molecule has 19 heavy (non-hydrogen) atoms. The standard InChI is InChI=1S/C14H16ClN3O/c1-2-19-9-8-16-13-10-12(15)17-14(18-13)11-6-4-3-5-7-11/h3-7,10H,2,8-9H2,1H3,(H,16,17,18). The van der Waals surface area contributed by atoms with E-state index < -0.39 is 0 Å². The lowest BCUT2D eigenvalue weighted by Crippen LogP contribution is -2.10. The van der Waals surface area contributed by atoms with Crippen molar-refractivity contribution in [3.05, 3.63) is 41.6 Å². The van der Waals surface area contributed by atoms with Gasteiger partial charge in [0.2, 0.25) is 0 Å². The highest BCUT2D eigenvalue weighted by Crippen LogP contribution is 2.19. The zero-order chi connectivity index (χ0) is 13.5. The smallest absolute Gasteiger partial charge is 0.163 e. The lowest BCUT2D eigenvalue weighted by atomic mass is 10.2. The van der Waals surface area contributed by atoms with Gasteiger partial charge in [-0.25, -0.2) is 9.97 Å². The molecule has 4 nitrogen and oxygen atoms in total. The number of aromatic nitrogens is 2. The predicted molar refractivity (Wildman–Crippen MR) is 77.5 cm³/mol. The molecule has 0 saturated heterocycles. The van der Waals surface area contributed by atoms with Gasteiger partial charge in [-0.05, 0) is 6.92 Å². The van der Waals surface area contributed by atoms with Gasteiger partial charge in [-0.2, -0.15) is 0 Å². The summed E-state index contributed by atoms with van der Waals surface area (Å²) < 4.78 is 5.26. The van der Waals surface area contributed by atoms with Crippen molar-refractivity contribution >= 4 is 17.4 Å². The SMILES string of the molecule is CCOCCNc1cc(Cl)nc(-c2ccccc2)n1. The average Bonchev–Trinajstić information content (AvgIpc) is 2.44. The molecular formula is C14H16ClN3O. The minimum absolute atomic E-state index is 0.424. The summed E-state index contributed by atoms with van der Waals surface area (Å²) in [5.41, 5.74) is 0.942. The van der Waals surface area contributed by atoms with Crippen molar-refractivity contribution in [1.82, 2.24) is 9.97 Å². The van der Waals surface area contributed by atoms with E-state index in [1.165, 1.54) is 0 Å². The first-order valence-electron chi connectivity index (χ1n) is 6.21. The Morgan fingerprint density at radius 1 is 1.21 bits per heavy atom. The lowest BCUT2D eigenvalue weighted by Gasteiger charge is -2.08. The van der Waals surface area contributed by atoms with Gasteiger partial charge in [0.1, 0.15) is 11.0 Å². The zero-order valence-electron chi connectivity index (χ0n) is 10.8. The van der Waals surface area contributed by atoms with E-state index in [0.29, 0.717) is 36.6 Å². The highest BCUT2D eigenvalue weighted by atomic mass is 35.5. The Kier molecular flexibility index (Phi) is 5.12. The number of benzene rings is 1. The molecule has 1 heterocycles. The minimum Gasteiger partial charge on any atom is -0.380 e. The van der Waals surface area contributed by atoms with Crippen molar-refractivity contribution in [2.75, 3.05) is 25.1 Å². The molecule has 5 heteroatoms. The molecule has 0 fully saturated rings. The largest absolute Gasteiger partial charge is 0.380 e. The number of ether oxygens (including phenoxy) is 1. The van der Waals surface area contributed by atoms with Crippen LogP contribution in [0, 0.1) is 0 Å². The van der Waals surface area contributed by atoms with Crippen LogP contribution < -0.4 is 5.32 Å². The van der Waals surface area contributed by atoms with Gasteiger partial charge >= 0.3 is 0 Å². The van der Waals surface area contributed by atoms with E-state index in [1.807, 2.05) is 37.3 Å². The topological polar surface area (TPSA) is 47.0 Å². The second-order valence-corrected chi connectivity index (χ2v) is 4.28. The predicted octanol–water partition coefficient (Wildman–Crippen LogP) is 3.25. The Morgan fingerprint density at radius 3 is 2.74 bits per heavy atom. The van der Waals surface area contributed by atoms with Gasteiger partial charge < -0.3 is 10.1 Å². The molecule has 0 bridgehead atoms. The van der Waals surface area contributed by atoms with Gasteiger partial charge in [-0.3, -0.25) is 0 Å². The summed E-state index contributed by atoms with van der Waals surface area (Å²) in [7, 11) is 0. The van der Waals surface area contributed by atoms with Crippen LogP contribution in [-0.4, -0.2) is 29.7 Å². The zero-order valence-corrected chi connectivity index (χ0v) is 11.5. The summed E-state index contributed by atoms with van der Waals surface area (Å²) in [6.45, 7) is 4.00. The first kappa shape index (κ1) is 13.8. The molecular weight excluding hydrogens is 262 g/mol. The number of rotatable bonds is 6. The minimum atomic E-state index is 0.424. The molecule has 0 aliphatic heterocycles. The quantitative estimate of drug-likeness (QED) is 0.650. The van der Waals surface area contributed by atoms with Crippen LogP contribution in [0.5, 0.6) is 0 Å². The summed E-state index contributed by atoms with van der Waals surface area (Å²) in [5.74, 6) is 1.32. The van der Waals surface area contributed by atoms with Crippen LogP contribution in [0.15, 0.2) is 36.4 Å². The van der Waals surface area contributed by atoms with Crippen LogP contribution in [0.3, 0.4) is 0 Å². The van der Waals surface area contributed by atoms with E-state index in [2.05, 4.69) is 15.3 Å². The van der Waals surface area contributed by atoms with Gasteiger partial charge in [-0.15, -0.1) is 0 Å². The Morgan fingerprint density at radius 2 is 2.00 bits per heavy atom. The van der Waals surface area contributed by atoms with E-state index in [1.54, 1.807) is 6.07 Å². The number of nitrogens with one attached hydrogen (secondary N) is 1. The van der Waals surface area contributed by atoms with Crippen LogP contribution >= 0.6 is 11.6 Å². The third-order valence-electron chi connectivity index (χ3n) is 2.48. The molecule has 1 aromatic carbocycles. The number of nitrogens with zero attached hydrogens (tertiary/aromatic N) is 2. The van der Waals surface area contributed by atoms with Crippen molar-refractivity contribution in [3.63, 3.8) is 0 Å². The third kappa shape index (κ3) is 4.19. The van der Waals surface area contributed by atoms with E-state index in [0.717, 1.165) is 5.56 Å². The second kappa shape index (κ2) is 7.07. The molecule has 0 amide bonds. The highest BCUT2D eigenvalue weighted by Gasteiger charge is 2.05. The lowest BCUT2D eigenvalue weighted by molar-refractivity contribution is 0.158. The summed E-state index contributed by atoms with van der Waals surface area (Å²) >= 11 is 6.02. The van der Waals surface area contributed by atoms with E-state index >= 15 is 0 Å². The maximum Gasteiger partial charge on any atom is 0.163 e.